The lowest BCUT2D eigenvalue weighted by atomic mass is 9.79. The number of benzene rings is 2. The lowest BCUT2D eigenvalue weighted by Gasteiger charge is -2.28. The first kappa shape index (κ1) is 19.5. The van der Waals surface area contributed by atoms with E-state index in [1.54, 1.807) is 55.6 Å². The van der Waals surface area contributed by atoms with Crippen molar-refractivity contribution in [3.05, 3.63) is 75.0 Å². The topological polar surface area (TPSA) is 120 Å². The quantitative estimate of drug-likeness (QED) is 0.593. The maximum atomic E-state index is 13.0. The molecule has 30 heavy (non-hydrogen) atoms. The van der Waals surface area contributed by atoms with Crippen molar-refractivity contribution in [2.75, 3.05) is 17.7 Å². The number of anilines is 3. The molecule has 8 nitrogen and oxygen atoms in total. The third-order valence-corrected chi connectivity index (χ3v) is 5.10. The first-order valence-corrected chi connectivity index (χ1v) is 9.39. The van der Waals surface area contributed by atoms with Gasteiger partial charge >= 0.3 is 0 Å². The number of nitrogens with one attached hydrogen (secondary N) is 3. The molecule has 0 aliphatic carbocycles. The second-order valence-electron chi connectivity index (χ2n) is 6.66. The molecule has 1 aliphatic rings. The Morgan fingerprint density at radius 3 is 2.47 bits per heavy atom. The Morgan fingerprint density at radius 1 is 1.13 bits per heavy atom. The van der Waals surface area contributed by atoms with Gasteiger partial charge in [-0.15, -0.1) is 0 Å². The molecule has 1 aromatic heterocycles. The SMILES string of the molecule is COc1ccc(Nc2nc3c(c(=O)[nH]2)[C@H](c2ccc(Cl)cc2)[C@@H](C#N)C(=O)N3)cc1. The highest BCUT2D eigenvalue weighted by Crippen LogP contribution is 2.38. The fraction of sp³-hybridized carbons (Fsp3) is 0.143. The Hall–Kier alpha value is -3.83. The number of aromatic amines is 1. The molecule has 3 N–H and O–H groups in total. The second kappa shape index (κ2) is 7.89. The molecule has 3 aromatic rings. The minimum atomic E-state index is -1.07. The van der Waals surface area contributed by atoms with E-state index in [-0.39, 0.29) is 17.3 Å². The van der Waals surface area contributed by atoms with E-state index < -0.39 is 23.3 Å². The molecule has 2 atom stereocenters. The molecule has 9 heteroatoms. The van der Waals surface area contributed by atoms with E-state index in [1.165, 1.54) is 0 Å². The van der Waals surface area contributed by atoms with Crippen molar-refractivity contribution >= 4 is 35.0 Å². The van der Waals surface area contributed by atoms with Crippen LogP contribution in [0.2, 0.25) is 5.02 Å². The molecular weight excluding hydrogens is 406 g/mol. The van der Waals surface area contributed by atoms with Crippen LogP contribution in [0.3, 0.4) is 0 Å². The smallest absolute Gasteiger partial charge is 0.258 e. The van der Waals surface area contributed by atoms with Crippen LogP contribution >= 0.6 is 11.6 Å². The van der Waals surface area contributed by atoms with Crippen molar-refractivity contribution in [2.45, 2.75) is 5.92 Å². The maximum Gasteiger partial charge on any atom is 0.258 e. The van der Waals surface area contributed by atoms with Crippen molar-refractivity contribution < 1.29 is 9.53 Å². The molecule has 0 fully saturated rings. The Kier molecular flexibility index (Phi) is 5.12. The van der Waals surface area contributed by atoms with Gasteiger partial charge in [-0.3, -0.25) is 14.6 Å². The van der Waals surface area contributed by atoms with Crippen molar-refractivity contribution in [3.8, 4) is 11.8 Å². The number of aromatic nitrogens is 2. The van der Waals surface area contributed by atoms with Gasteiger partial charge in [-0.25, -0.2) is 0 Å². The van der Waals surface area contributed by atoms with Gasteiger partial charge in [0.25, 0.3) is 5.56 Å². The van der Waals surface area contributed by atoms with Crippen LogP contribution in [0.15, 0.2) is 53.3 Å². The predicted molar refractivity (Wildman–Crippen MR) is 112 cm³/mol. The molecule has 2 heterocycles. The van der Waals surface area contributed by atoms with Gasteiger partial charge in [-0.05, 0) is 42.0 Å². The highest BCUT2D eigenvalue weighted by atomic mass is 35.5. The number of nitriles is 1. The molecule has 2 aromatic carbocycles. The number of H-pyrrole nitrogens is 1. The van der Waals surface area contributed by atoms with Crippen LogP contribution < -0.4 is 20.9 Å². The number of hydrogen-bond donors (Lipinski definition) is 3. The van der Waals surface area contributed by atoms with E-state index in [9.17, 15) is 14.9 Å². The van der Waals surface area contributed by atoms with Crippen LogP contribution in [0.4, 0.5) is 17.5 Å². The van der Waals surface area contributed by atoms with Crippen LogP contribution in [-0.2, 0) is 4.79 Å². The summed E-state index contributed by atoms with van der Waals surface area (Å²) in [6.45, 7) is 0. The summed E-state index contributed by atoms with van der Waals surface area (Å²) in [4.78, 5) is 32.5. The summed E-state index contributed by atoms with van der Waals surface area (Å²) >= 11 is 5.96. The number of carbonyl (C=O) groups is 1. The van der Waals surface area contributed by atoms with E-state index in [0.29, 0.717) is 22.0 Å². The molecule has 0 radical (unpaired) electrons. The van der Waals surface area contributed by atoms with Crippen molar-refractivity contribution in [3.63, 3.8) is 0 Å². The molecular formula is C21H16ClN5O3. The zero-order valence-corrected chi connectivity index (χ0v) is 16.5. The maximum absolute atomic E-state index is 13.0. The Bertz CT molecular complexity index is 1200. The van der Waals surface area contributed by atoms with Crippen molar-refractivity contribution in [1.29, 1.82) is 5.26 Å². The summed E-state index contributed by atoms with van der Waals surface area (Å²) in [6, 6.07) is 15.7. The number of amides is 1. The highest BCUT2D eigenvalue weighted by molar-refractivity contribution is 6.30. The summed E-state index contributed by atoms with van der Waals surface area (Å²) in [5.74, 6) is -1.38. The average molecular weight is 422 g/mol. The van der Waals surface area contributed by atoms with E-state index in [4.69, 9.17) is 16.3 Å². The normalized spacial score (nSPS) is 17.4. The fourth-order valence-electron chi connectivity index (χ4n) is 3.41. The van der Waals surface area contributed by atoms with Crippen molar-refractivity contribution in [1.82, 2.24) is 9.97 Å². The first-order chi connectivity index (χ1) is 14.5. The molecule has 0 saturated heterocycles. The lowest BCUT2D eigenvalue weighted by molar-refractivity contribution is -0.119. The minimum Gasteiger partial charge on any atom is -0.497 e. The molecule has 0 unspecified atom stereocenters. The standard InChI is InChI=1S/C21H16ClN5O3/c1-30-14-8-6-13(7-9-14)24-21-26-18-17(20(29)27-21)16(15(10-23)19(28)25-18)11-2-4-12(22)5-3-11/h2-9,15-16H,1H3,(H3,24,25,26,27,28,29)/t15-,16-/m1/s1. The fourth-order valence-corrected chi connectivity index (χ4v) is 3.54. The molecule has 1 amide bonds. The summed E-state index contributed by atoms with van der Waals surface area (Å²) < 4.78 is 5.12. The number of fused-ring (bicyclic) bond motifs is 1. The Balaban J connectivity index is 1.76. The number of nitrogens with zero attached hydrogens (tertiary/aromatic N) is 2. The van der Waals surface area contributed by atoms with Crippen LogP contribution in [0.1, 0.15) is 17.0 Å². The first-order valence-electron chi connectivity index (χ1n) is 9.01. The van der Waals surface area contributed by atoms with E-state index in [1.807, 2.05) is 6.07 Å². The van der Waals surface area contributed by atoms with Gasteiger partial charge in [0, 0.05) is 16.6 Å². The Labute approximate surface area is 176 Å². The molecule has 0 bridgehead atoms. The van der Waals surface area contributed by atoms with Gasteiger partial charge in [0.15, 0.2) is 0 Å². The van der Waals surface area contributed by atoms with Gasteiger partial charge in [0.2, 0.25) is 11.9 Å². The van der Waals surface area contributed by atoms with Crippen LogP contribution in [-0.4, -0.2) is 23.0 Å². The predicted octanol–water partition coefficient (Wildman–Crippen LogP) is 3.40. The molecule has 0 spiro atoms. The molecule has 0 saturated carbocycles. The van der Waals surface area contributed by atoms with Gasteiger partial charge in [-0.1, -0.05) is 23.7 Å². The van der Waals surface area contributed by atoms with Gasteiger partial charge in [-0.2, -0.15) is 10.2 Å². The number of carbonyl (C=O) groups excluding carboxylic acids is 1. The number of hydrogen-bond acceptors (Lipinski definition) is 6. The van der Waals surface area contributed by atoms with E-state index in [0.717, 1.165) is 0 Å². The zero-order chi connectivity index (χ0) is 21.3. The largest absolute Gasteiger partial charge is 0.497 e. The van der Waals surface area contributed by atoms with Gasteiger partial charge < -0.3 is 15.4 Å². The average Bonchev–Trinajstić information content (AvgIpc) is 2.74. The third-order valence-electron chi connectivity index (χ3n) is 4.84. The summed E-state index contributed by atoms with van der Waals surface area (Å²) in [5, 5.41) is 15.6. The van der Waals surface area contributed by atoms with E-state index >= 15 is 0 Å². The Morgan fingerprint density at radius 2 is 1.83 bits per heavy atom. The highest BCUT2D eigenvalue weighted by Gasteiger charge is 2.40. The number of halogens is 1. The molecule has 150 valence electrons. The summed E-state index contributed by atoms with van der Waals surface area (Å²) in [6.07, 6.45) is 0. The van der Waals surface area contributed by atoms with Crippen LogP contribution in [0, 0.1) is 17.2 Å². The molecule has 1 aliphatic heterocycles. The summed E-state index contributed by atoms with van der Waals surface area (Å²) in [7, 11) is 1.57. The monoisotopic (exact) mass is 421 g/mol. The number of methoxy groups -OCH3 is 1. The van der Waals surface area contributed by atoms with Gasteiger partial charge in [0.05, 0.1) is 18.7 Å². The summed E-state index contributed by atoms with van der Waals surface area (Å²) in [5.41, 5.74) is 1.08. The van der Waals surface area contributed by atoms with Crippen LogP contribution in [0.5, 0.6) is 5.75 Å². The second-order valence-corrected chi connectivity index (χ2v) is 7.09. The van der Waals surface area contributed by atoms with Gasteiger partial charge in [0.1, 0.15) is 17.5 Å². The zero-order valence-electron chi connectivity index (χ0n) is 15.8. The third kappa shape index (κ3) is 3.58. The van der Waals surface area contributed by atoms with Crippen molar-refractivity contribution in [2.24, 2.45) is 5.92 Å². The number of rotatable bonds is 4. The lowest BCUT2D eigenvalue weighted by Crippen LogP contribution is -2.38. The minimum absolute atomic E-state index is 0.117. The van der Waals surface area contributed by atoms with Crippen LogP contribution in [0.25, 0.3) is 0 Å². The number of ether oxygens (including phenoxy) is 1. The van der Waals surface area contributed by atoms with E-state index in [2.05, 4.69) is 20.6 Å². The molecule has 4 rings (SSSR count).